The number of hydrogen-bond donors (Lipinski definition) is 1. The predicted molar refractivity (Wildman–Crippen MR) is 90.4 cm³/mol. The van der Waals surface area contributed by atoms with Gasteiger partial charge >= 0.3 is 0 Å². The van der Waals surface area contributed by atoms with Crippen LogP contribution >= 0.6 is 15.9 Å². The summed E-state index contributed by atoms with van der Waals surface area (Å²) in [5.41, 5.74) is 8.43. The fourth-order valence-electron chi connectivity index (χ4n) is 2.71. The van der Waals surface area contributed by atoms with E-state index in [0.29, 0.717) is 0 Å². The average molecular weight is 340 g/mol. The minimum Gasteiger partial charge on any atom is -0.373 e. The summed E-state index contributed by atoms with van der Waals surface area (Å²) in [6.07, 6.45) is 3.64. The van der Waals surface area contributed by atoms with Crippen molar-refractivity contribution < 1.29 is 0 Å². The zero-order chi connectivity index (χ0) is 14.5. The van der Waals surface area contributed by atoms with Crippen molar-refractivity contribution in [3.8, 4) is 0 Å². The van der Waals surface area contributed by atoms with Crippen LogP contribution in [-0.4, -0.2) is 44.2 Å². The molecule has 2 N–H and O–H groups in total. The average Bonchev–Trinajstić information content (AvgIpc) is 2.91. The van der Waals surface area contributed by atoms with Crippen molar-refractivity contribution in [2.45, 2.75) is 32.2 Å². The van der Waals surface area contributed by atoms with Crippen LogP contribution < -0.4 is 10.6 Å². The quantitative estimate of drug-likeness (QED) is 0.864. The van der Waals surface area contributed by atoms with Crippen LogP contribution in [0.5, 0.6) is 0 Å². The van der Waals surface area contributed by atoms with E-state index < -0.39 is 0 Å². The Morgan fingerprint density at radius 3 is 2.65 bits per heavy atom. The second-order valence-corrected chi connectivity index (χ2v) is 6.78. The third kappa shape index (κ3) is 4.47. The van der Waals surface area contributed by atoms with Gasteiger partial charge in [-0.1, -0.05) is 22.0 Å². The SMILES string of the molecule is CC(N)Cc1ccc(N(C)CCN2CCCC2)cc1Br. The van der Waals surface area contributed by atoms with E-state index in [0.717, 1.165) is 19.5 Å². The molecule has 1 atom stereocenters. The molecule has 20 heavy (non-hydrogen) atoms. The van der Waals surface area contributed by atoms with Gasteiger partial charge in [0.2, 0.25) is 0 Å². The molecule has 0 radical (unpaired) electrons. The summed E-state index contributed by atoms with van der Waals surface area (Å²) < 4.78 is 1.17. The minimum atomic E-state index is 0.199. The van der Waals surface area contributed by atoms with Gasteiger partial charge in [0, 0.05) is 36.3 Å². The molecule has 0 amide bonds. The fourth-order valence-corrected chi connectivity index (χ4v) is 3.24. The van der Waals surface area contributed by atoms with Gasteiger partial charge in [0.25, 0.3) is 0 Å². The standard InChI is InChI=1S/C16H26BrN3/c1-13(18)11-14-5-6-15(12-16(14)17)19(2)9-10-20-7-3-4-8-20/h5-6,12-13H,3-4,7-11,18H2,1-2H3. The van der Waals surface area contributed by atoms with Crippen LogP contribution in [0.4, 0.5) is 5.69 Å². The molecule has 0 bridgehead atoms. The molecule has 4 heteroatoms. The molecule has 0 spiro atoms. The van der Waals surface area contributed by atoms with Crippen LogP contribution in [0, 0.1) is 0 Å². The summed E-state index contributed by atoms with van der Waals surface area (Å²) >= 11 is 3.67. The van der Waals surface area contributed by atoms with Gasteiger partial charge in [0.1, 0.15) is 0 Å². The van der Waals surface area contributed by atoms with E-state index in [-0.39, 0.29) is 6.04 Å². The zero-order valence-electron chi connectivity index (χ0n) is 12.6. The fraction of sp³-hybridized carbons (Fsp3) is 0.625. The van der Waals surface area contributed by atoms with Gasteiger partial charge < -0.3 is 15.5 Å². The minimum absolute atomic E-state index is 0.199. The summed E-state index contributed by atoms with van der Waals surface area (Å²) in [4.78, 5) is 4.88. The maximum absolute atomic E-state index is 5.87. The Labute approximate surface area is 131 Å². The van der Waals surface area contributed by atoms with Crippen LogP contribution in [0.25, 0.3) is 0 Å². The van der Waals surface area contributed by atoms with Gasteiger partial charge in [-0.3, -0.25) is 0 Å². The first-order valence-corrected chi connectivity index (χ1v) is 8.33. The van der Waals surface area contributed by atoms with Gasteiger partial charge in [-0.15, -0.1) is 0 Å². The second kappa shape index (κ2) is 7.43. The summed E-state index contributed by atoms with van der Waals surface area (Å²) in [5.74, 6) is 0. The molecule has 1 unspecified atom stereocenters. The molecule has 1 aliphatic heterocycles. The maximum Gasteiger partial charge on any atom is 0.0375 e. The Bertz CT molecular complexity index is 428. The van der Waals surface area contributed by atoms with Crippen molar-refractivity contribution in [2.75, 3.05) is 38.1 Å². The normalized spacial score (nSPS) is 17.4. The van der Waals surface area contributed by atoms with E-state index in [4.69, 9.17) is 5.73 Å². The largest absolute Gasteiger partial charge is 0.373 e. The lowest BCUT2D eigenvalue weighted by atomic mass is 10.1. The molecule has 1 fully saturated rings. The van der Waals surface area contributed by atoms with E-state index in [1.54, 1.807) is 0 Å². The lowest BCUT2D eigenvalue weighted by Crippen LogP contribution is -2.31. The molecule has 1 aliphatic rings. The summed E-state index contributed by atoms with van der Waals surface area (Å²) in [7, 11) is 2.17. The Hall–Kier alpha value is -0.580. The first-order valence-electron chi connectivity index (χ1n) is 7.54. The zero-order valence-corrected chi connectivity index (χ0v) is 14.2. The second-order valence-electron chi connectivity index (χ2n) is 5.93. The predicted octanol–water partition coefficient (Wildman–Crippen LogP) is 2.87. The highest BCUT2D eigenvalue weighted by Crippen LogP contribution is 2.24. The monoisotopic (exact) mass is 339 g/mol. The number of hydrogen-bond acceptors (Lipinski definition) is 3. The lowest BCUT2D eigenvalue weighted by molar-refractivity contribution is 0.346. The summed E-state index contributed by atoms with van der Waals surface area (Å²) in [5, 5.41) is 0. The van der Waals surface area contributed by atoms with Gasteiger partial charge in [-0.25, -0.2) is 0 Å². The number of nitrogens with zero attached hydrogens (tertiary/aromatic N) is 2. The van der Waals surface area contributed by atoms with E-state index in [1.807, 2.05) is 6.92 Å². The molecule has 1 aromatic rings. The molecule has 0 aromatic heterocycles. The number of rotatable bonds is 6. The van der Waals surface area contributed by atoms with Crippen molar-refractivity contribution in [3.63, 3.8) is 0 Å². The van der Waals surface area contributed by atoms with Crippen molar-refractivity contribution in [2.24, 2.45) is 5.73 Å². The van der Waals surface area contributed by atoms with E-state index in [2.05, 4.69) is 51.0 Å². The first kappa shape index (κ1) is 15.8. The van der Waals surface area contributed by atoms with Crippen molar-refractivity contribution in [1.29, 1.82) is 0 Å². The number of likely N-dealkylation sites (tertiary alicyclic amines) is 1. The molecule has 112 valence electrons. The first-order chi connectivity index (χ1) is 9.56. The molecular formula is C16H26BrN3. The van der Waals surface area contributed by atoms with Gasteiger partial charge in [0.15, 0.2) is 0 Å². The number of nitrogens with two attached hydrogens (primary N) is 1. The van der Waals surface area contributed by atoms with E-state index >= 15 is 0 Å². The highest BCUT2D eigenvalue weighted by molar-refractivity contribution is 9.10. The van der Waals surface area contributed by atoms with E-state index in [1.165, 1.54) is 41.7 Å². The van der Waals surface area contributed by atoms with Crippen LogP contribution in [-0.2, 0) is 6.42 Å². The number of halogens is 1. The molecule has 0 aliphatic carbocycles. The third-order valence-electron chi connectivity index (χ3n) is 3.97. The number of benzene rings is 1. The maximum atomic E-state index is 5.87. The van der Waals surface area contributed by atoms with Gasteiger partial charge in [-0.05, 0) is 57.0 Å². The Morgan fingerprint density at radius 1 is 1.35 bits per heavy atom. The lowest BCUT2D eigenvalue weighted by Gasteiger charge is -2.24. The summed E-state index contributed by atoms with van der Waals surface area (Å²) in [6, 6.07) is 6.80. The molecule has 1 aromatic carbocycles. The Balaban J connectivity index is 1.92. The van der Waals surface area contributed by atoms with E-state index in [9.17, 15) is 0 Å². The molecular weight excluding hydrogens is 314 g/mol. The van der Waals surface area contributed by atoms with Crippen LogP contribution in [0.2, 0.25) is 0 Å². The van der Waals surface area contributed by atoms with Crippen molar-refractivity contribution in [1.82, 2.24) is 4.90 Å². The van der Waals surface area contributed by atoms with Crippen LogP contribution in [0.1, 0.15) is 25.3 Å². The van der Waals surface area contributed by atoms with Crippen LogP contribution in [0.15, 0.2) is 22.7 Å². The number of likely N-dealkylation sites (N-methyl/N-ethyl adjacent to an activating group) is 1. The summed E-state index contributed by atoms with van der Waals surface area (Å²) in [6.45, 7) is 6.83. The van der Waals surface area contributed by atoms with Crippen molar-refractivity contribution >= 4 is 21.6 Å². The van der Waals surface area contributed by atoms with Gasteiger partial charge in [-0.2, -0.15) is 0 Å². The van der Waals surface area contributed by atoms with Crippen molar-refractivity contribution in [3.05, 3.63) is 28.2 Å². The molecule has 2 rings (SSSR count). The highest BCUT2D eigenvalue weighted by Gasteiger charge is 2.12. The number of anilines is 1. The molecule has 1 heterocycles. The highest BCUT2D eigenvalue weighted by atomic mass is 79.9. The van der Waals surface area contributed by atoms with Gasteiger partial charge in [0.05, 0.1) is 0 Å². The smallest absolute Gasteiger partial charge is 0.0375 e. The molecule has 1 saturated heterocycles. The molecule has 3 nitrogen and oxygen atoms in total. The Morgan fingerprint density at radius 2 is 2.05 bits per heavy atom. The topological polar surface area (TPSA) is 32.5 Å². The van der Waals surface area contributed by atoms with Crippen LogP contribution in [0.3, 0.4) is 0 Å². The molecule has 0 saturated carbocycles. The third-order valence-corrected chi connectivity index (χ3v) is 4.71. The Kier molecular flexibility index (Phi) is 5.87.